The summed E-state index contributed by atoms with van der Waals surface area (Å²) in [6.07, 6.45) is 5.01. The highest BCUT2D eigenvalue weighted by Crippen LogP contribution is 2.17. The highest BCUT2D eigenvalue weighted by Gasteiger charge is 2.18. The fourth-order valence-corrected chi connectivity index (χ4v) is 3.77. The van der Waals surface area contributed by atoms with E-state index in [1.54, 1.807) is 24.3 Å². The Hall–Kier alpha value is -2.03. The maximum Gasteiger partial charge on any atom is 0.286 e. The van der Waals surface area contributed by atoms with Gasteiger partial charge < -0.3 is 15.5 Å². The zero-order valence-corrected chi connectivity index (χ0v) is 16.5. The van der Waals surface area contributed by atoms with E-state index in [4.69, 9.17) is 11.6 Å². The zero-order chi connectivity index (χ0) is 19.1. The Labute approximate surface area is 167 Å². The first kappa shape index (κ1) is 19.7. The average molecular weight is 408 g/mol. The molecule has 2 N–H and O–H groups in total. The molecule has 2 amide bonds. The number of benzene rings is 1. The van der Waals surface area contributed by atoms with Crippen molar-refractivity contribution in [3.8, 4) is 0 Å². The molecular weight excluding hydrogens is 386 g/mol. The first-order chi connectivity index (χ1) is 13.1. The molecule has 27 heavy (non-hydrogen) atoms. The topological polar surface area (TPSA) is 87.2 Å². The van der Waals surface area contributed by atoms with Gasteiger partial charge in [-0.1, -0.05) is 41.8 Å². The van der Waals surface area contributed by atoms with Crippen molar-refractivity contribution in [2.45, 2.75) is 25.7 Å². The highest BCUT2D eigenvalue weighted by atomic mass is 35.5. The molecule has 0 bridgehead atoms. The Morgan fingerprint density at radius 1 is 1.07 bits per heavy atom. The molecule has 2 aromatic rings. The summed E-state index contributed by atoms with van der Waals surface area (Å²) in [7, 11) is 0. The number of likely N-dealkylation sites (tertiary alicyclic amines) is 1. The number of nitrogens with zero attached hydrogens (tertiary/aromatic N) is 3. The van der Waals surface area contributed by atoms with Crippen LogP contribution in [0.15, 0.2) is 24.3 Å². The molecule has 7 nitrogen and oxygen atoms in total. The van der Waals surface area contributed by atoms with Gasteiger partial charge in [0, 0.05) is 23.8 Å². The minimum Gasteiger partial charge on any atom is -0.349 e. The van der Waals surface area contributed by atoms with Crippen LogP contribution in [0, 0.1) is 0 Å². The van der Waals surface area contributed by atoms with Crippen molar-refractivity contribution < 1.29 is 9.59 Å². The predicted molar refractivity (Wildman–Crippen MR) is 107 cm³/mol. The normalized spacial score (nSPS) is 15.1. The summed E-state index contributed by atoms with van der Waals surface area (Å²) in [4.78, 5) is 26.8. The molecule has 144 valence electrons. The summed E-state index contributed by atoms with van der Waals surface area (Å²) < 4.78 is 0. The number of halogens is 1. The van der Waals surface area contributed by atoms with E-state index in [-0.39, 0.29) is 15.9 Å². The largest absolute Gasteiger partial charge is 0.349 e. The second-order valence-electron chi connectivity index (χ2n) is 6.39. The molecule has 9 heteroatoms. The summed E-state index contributed by atoms with van der Waals surface area (Å²) in [5, 5.41) is 14.0. The predicted octanol–water partition coefficient (Wildman–Crippen LogP) is 3.05. The molecule has 1 fully saturated rings. The quantitative estimate of drug-likeness (QED) is 0.768. The van der Waals surface area contributed by atoms with Crippen molar-refractivity contribution in [1.82, 2.24) is 20.4 Å². The van der Waals surface area contributed by atoms with Crippen LogP contribution >= 0.6 is 22.9 Å². The van der Waals surface area contributed by atoms with Gasteiger partial charge in [-0.25, -0.2) is 0 Å². The molecule has 0 spiro atoms. The summed E-state index contributed by atoms with van der Waals surface area (Å²) >= 11 is 6.87. The van der Waals surface area contributed by atoms with Crippen molar-refractivity contribution in [3.63, 3.8) is 0 Å². The number of amides is 2. The summed E-state index contributed by atoms with van der Waals surface area (Å²) in [5.41, 5.74) is 0.561. The van der Waals surface area contributed by atoms with Crippen molar-refractivity contribution in [2.24, 2.45) is 0 Å². The Morgan fingerprint density at radius 3 is 2.48 bits per heavy atom. The smallest absolute Gasteiger partial charge is 0.286 e. The first-order valence-corrected chi connectivity index (χ1v) is 10.2. The summed E-state index contributed by atoms with van der Waals surface area (Å²) in [6.45, 7) is 3.56. The maximum absolute atomic E-state index is 12.2. The van der Waals surface area contributed by atoms with Gasteiger partial charge in [0.25, 0.3) is 11.8 Å². The summed E-state index contributed by atoms with van der Waals surface area (Å²) in [6, 6.07) is 6.82. The second-order valence-corrected chi connectivity index (χ2v) is 7.80. The highest BCUT2D eigenvalue weighted by molar-refractivity contribution is 7.15. The molecule has 0 radical (unpaired) electrons. The van der Waals surface area contributed by atoms with Crippen LogP contribution in [0.4, 0.5) is 5.69 Å². The maximum atomic E-state index is 12.2. The van der Waals surface area contributed by atoms with E-state index in [2.05, 4.69) is 25.7 Å². The lowest BCUT2D eigenvalue weighted by molar-refractivity contribution is 0.0946. The fourth-order valence-electron chi connectivity index (χ4n) is 2.92. The number of hydrogen-bond donors (Lipinski definition) is 2. The molecule has 1 aromatic carbocycles. The second kappa shape index (κ2) is 9.77. The lowest BCUT2D eigenvalue weighted by Gasteiger charge is -2.19. The molecule has 3 rings (SSSR count). The number of rotatable bonds is 6. The van der Waals surface area contributed by atoms with Crippen LogP contribution in [0.1, 0.15) is 45.3 Å². The average Bonchev–Trinajstić information content (AvgIpc) is 3.01. The third-order valence-electron chi connectivity index (χ3n) is 4.31. The third-order valence-corrected chi connectivity index (χ3v) is 5.46. The molecule has 2 heterocycles. The van der Waals surface area contributed by atoms with E-state index in [1.807, 2.05) is 0 Å². The van der Waals surface area contributed by atoms with Crippen LogP contribution in [-0.4, -0.2) is 53.1 Å². The van der Waals surface area contributed by atoms with Crippen LogP contribution in [0.2, 0.25) is 5.02 Å². The van der Waals surface area contributed by atoms with Gasteiger partial charge in [-0.3, -0.25) is 9.59 Å². The monoisotopic (exact) mass is 407 g/mol. The minimum absolute atomic E-state index is 0.132. The fraction of sp³-hybridized carbons (Fsp3) is 0.444. The van der Waals surface area contributed by atoms with Crippen LogP contribution in [0.3, 0.4) is 0 Å². The van der Waals surface area contributed by atoms with Crippen molar-refractivity contribution >= 4 is 40.4 Å². The van der Waals surface area contributed by atoms with E-state index in [0.717, 1.165) is 31.0 Å². The number of hydrogen-bond acceptors (Lipinski definition) is 6. The van der Waals surface area contributed by atoms with Gasteiger partial charge in [-0.15, -0.1) is 10.2 Å². The lowest BCUT2D eigenvalue weighted by atomic mass is 10.2. The van der Waals surface area contributed by atoms with E-state index in [9.17, 15) is 9.59 Å². The van der Waals surface area contributed by atoms with E-state index >= 15 is 0 Å². The van der Waals surface area contributed by atoms with Gasteiger partial charge in [-0.05, 0) is 44.1 Å². The Balaban J connectivity index is 1.48. The van der Waals surface area contributed by atoms with Gasteiger partial charge in [0.05, 0.1) is 0 Å². The Kier molecular flexibility index (Phi) is 7.14. The SMILES string of the molecule is O=C(NCCN1CCCCCC1)c1nnc(C(=O)Nc2cccc(Cl)c2)s1. The number of nitrogens with one attached hydrogen (secondary N) is 2. The van der Waals surface area contributed by atoms with E-state index < -0.39 is 5.91 Å². The van der Waals surface area contributed by atoms with Crippen LogP contribution < -0.4 is 10.6 Å². The molecule has 1 aromatic heterocycles. The molecular formula is C18H22ClN5O2S. The third kappa shape index (κ3) is 5.98. The van der Waals surface area contributed by atoms with E-state index in [1.165, 1.54) is 25.7 Å². The lowest BCUT2D eigenvalue weighted by Crippen LogP contribution is -2.35. The number of carbonyl (C=O) groups excluding carboxylic acids is 2. The van der Waals surface area contributed by atoms with Crippen LogP contribution in [0.25, 0.3) is 0 Å². The zero-order valence-electron chi connectivity index (χ0n) is 14.9. The van der Waals surface area contributed by atoms with Crippen LogP contribution in [0.5, 0.6) is 0 Å². The van der Waals surface area contributed by atoms with Gasteiger partial charge >= 0.3 is 0 Å². The molecule has 0 aliphatic carbocycles. The molecule has 1 aliphatic heterocycles. The number of carbonyl (C=O) groups is 2. The number of aromatic nitrogens is 2. The minimum atomic E-state index is -0.418. The van der Waals surface area contributed by atoms with Gasteiger partial charge in [0.15, 0.2) is 0 Å². The molecule has 1 aliphatic rings. The van der Waals surface area contributed by atoms with Gasteiger partial charge in [0.1, 0.15) is 0 Å². The van der Waals surface area contributed by atoms with Crippen molar-refractivity contribution in [1.29, 1.82) is 0 Å². The Bertz CT molecular complexity index is 790. The standard InChI is InChI=1S/C18H22ClN5O2S/c19-13-6-5-7-14(12-13)21-16(26)18-23-22-17(27-18)15(25)20-8-11-24-9-3-1-2-4-10-24/h5-7,12H,1-4,8-11H2,(H,20,25)(H,21,26). The summed E-state index contributed by atoms with van der Waals surface area (Å²) in [5.74, 6) is -0.720. The Morgan fingerprint density at radius 2 is 1.78 bits per heavy atom. The van der Waals surface area contributed by atoms with E-state index in [0.29, 0.717) is 17.3 Å². The van der Waals surface area contributed by atoms with Crippen molar-refractivity contribution in [3.05, 3.63) is 39.3 Å². The first-order valence-electron chi connectivity index (χ1n) is 9.03. The molecule has 0 atom stereocenters. The van der Waals surface area contributed by atoms with Crippen molar-refractivity contribution in [2.75, 3.05) is 31.5 Å². The number of anilines is 1. The molecule has 1 saturated heterocycles. The van der Waals surface area contributed by atoms with Gasteiger partial charge in [-0.2, -0.15) is 0 Å². The molecule has 0 saturated carbocycles. The molecule has 0 unspecified atom stereocenters. The van der Waals surface area contributed by atoms with Gasteiger partial charge in [0.2, 0.25) is 10.0 Å². The van der Waals surface area contributed by atoms with Crippen LogP contribution in [-0.2, 0) is 0 Å².